The maximum Gasteiger partial charge on any atom is 0.405 e. The van der Waals surface area contributed by atoms with Crippen molar-refractivity contribution >= 4 is 35.1 Å². The molecule has 0 aliphatic heterocycles. The minimum absolute atomic E-state index is 0.146. The van der Waals surface area contributed by atoms with E-state index in [0.717, 1.165) is 30.4 Å². The second-order valence-electron chi connectivity index (χ2n) is 9.99. The van der Waals surface area contributed by atoms with Gasteiger partial charge in [0.25, 0.3) is 5.91 Å². The number of hydrogen-bond acceptors (Lipinski definition) is 5. The van der Waals surface area contributed by atoms with Crippen molar-refractivity contribution in [3.8, 4) is 0 Å². The molecule has 1 aliphatic rings. The molecule has 5 nitrogen and oxygen atoms in total. The van der Waals surface area contributed by atoms with Crippen molar-refractivity contribution in [3.63, 3.8) is 0 Å². The number of nitrogens with one attached hydrogen (secondary N) is 2. The van der Waals surface area contributed by atoms with Crippen LogP contribution in [0, 0.1) is 12.8 Å². The SMILES string of the molecule is Cc1cc(C(=O)NC[C@@H]2CCCC[C@]2(O)S)nc2c(C(C)(C)C)cc(NCC(F)(F)F)cc12. The molecule has 2 atom stereocenters. The summed E-state index contributed by atoms with van der Waals surface area (Å²) >= 11 is 4.37. The van der Waals surface area contributed by atoms with Crippen molar-refractivity contribution in [2.75, 3.05) is 18.4 Å². The van der Waals surface area contributed by atoms with Gasteiger partial charge in [-0.15, -0.1) is 12.6 Å². The number of aryl methyl sites for hydroxylation is 1. The predicted octanol–water partition coefficient (Wildman–Crippen LogP) is 5.35. The third-order valence-electron chi connectivity index (χ3n) is 6.16. The molecule has 0 radical (unpaired) electrons. The first-order chi connectivity index (χ1) is 15.2. The van der Waals surface area contributed by atoms with E-state index in [-0.39, 0.29) is 17.5 Å². The van der Waals surface area contributed by atoms with Crippen molar-refractivity contribution in [3.05, 3.63) is 35.0 Å². The lowest BCUT2D eigenvalue weighted by molar-refractivity contribution is -0.115. The van der Waals surface area contributed by atoms with Crippen LogP contribution in [-0.4, -0.2) is 40.2 Å². The number of thiol groups is 1. The Morgan fingerprint density at radius 3 is 2.55 bits per heavy atom. The molecule has 0 unspecified atom stereocenters. The van der Waals surface area contributed by atoms with E-state index in [1.54, 1.807) is 18.2 Å². The number of halogens is 3. The second-order valence-corrected chi connectivity index (χ2v) is 10.8. The van der Waals surface area contributed by atoms with E-state index in [2.05, 4.69) is 28.2 Å². The highest BCUT2D eigenvalue weighted by Gasteiger charge is 2.35. The van der Waals surface area contributed by atoms with Gasteiger partial charge in [0.1, 0.15) is 17.2 Å². The molecule has 1 aliphatic carbocycles. The summed E-state index contributed by atoms with van der Waals surface area (Å²) < 4.78 is 38.2. The Bertz CT molecular complexity index is 1030. The van der Waals surface area contributed by atoms with E-state index in [9.17, 15) is 23.1 Å². The maximum absolute atomic E-state index is 12.9. The number of alkyl halides is 3. The summed E-state index contributed by atoms with van der Waals surface area (Å²) in [6, 6.07) is 4.96. The molecule has 1 amide bonds. The minimum Gasteiger partial charge on any atom is -0.379 e. The van der Waals surface area contributed by atoms with Crippen molar-refractivity contribution in [1.29, 1.82) is 0 Å². The first-order valence-corrected chi connectivity index (χ1v) is 11.6. The van der Waals surface area contributed by atoms with Gasteiger partial charge in [0.2, 0.25) is 0 Å². The topological polar surface area (TPSA) is 74.2 Å². The van der Waals surface area contributed by atoms with Gasteiger partial charge < -0.3 is 15.7 Å². The second kappa shape index (κ2) is 9.33. The lowest BCUT2D eigenvalue weighted by atomic mass is 9.84. The van der Waals surface area contributed by atoms with Gasteiger partial charge in [-0.1, -0.05) is 27.2 Å². The largest absolute Gasteiger partial charge is 0.405 e. The van der Waals surface area contributed by atoms with Gasteiger partial charge in [-0.3, -0.25) is 4.79 Å². The quantitative estimate of drug-likeness (QED) is 0.342. The van der Waals surface area contributed by atoms with E-state index in [0.29, 0.717) is 29.6 Å². The number of rotatable bonds is 5. The van der Waals surface area contributed by atoms with Gasteiger partial charge in [0.15, 0.2) is 0 Å². The summed E-state index contributed by atoms with van der Waals surface area (Å²) in [5, 5.41) is 16.5. The van der Waals surface area contributed by atoms with Crippen LogP contribution in [0.2, 0.25) is 0 Å². The van der Waals surface area contributed by atoms with Gasteiger partial charge >= 0.3 is 6.18 Å². The highest BCUT2D eigenvalue weighted by atomic mass is 32.1. The first kappa shape index (κ1) is 25.6. The van der Waals surface area contributed by atoms with E-state index in [1.165, 1.54) is 0 Å². The fourth-order valence-corrected chi connectivity index (χ4v) is 4.65. The van der Waals surface area contributed by atoms with Gasteiger partial charge in [-0.25, -0.2) is 4.98 Å². The van der Waals surface area contributed by atoms with Crippen molar-refractivity contribution in [2.24, 2.45) is 5.92 Å². The molecule has 2 aromatic rings. The number of fused-ring (bicyclic) bond motifs is 1. The molecular weight excluding hydrogens is 451 g/mol. The van der Waals surface area contributed by atoms with Crippen LogP contribution in [0.15, 0.2) is 18.2 Å². The molecule has 3 rings (SSSR count). The summed E-state index contributed by atoms with van der Waals surface area (Å²) in [7, 11) is 0. The Morgan fingerprint density at radius 2 is 1.94 bits per heavy atom. The number of carbonyl (C=O) groups excluding carboxylic acids is 1. The highest BCUT2D eigenvalue weighted by molar-refractivity contribution is 7.81. The Labute approximate surface area is 198 Å². The number of amides is 1. The van der Waals surface area contributed by atoms with E-state index < -0.39 is 23.1 Å². The number of hydrogen-bond donors (Lipinski definition) is 4. The molecule has 1 fully saturated rings. The zero-order chi connectivity index (χ0) is 24.6. The molecule has 9 heteroatoms. The molecule has 1 aromatic carbocycles. The normalized spacial score (nSPS) is 21.8. The number of aliphatic hydroxyl groups is 1. The molecule has 33 heavy (non-hydrogen) atoms. The molecule has 0 spiro atoms. The summed E-state index contributed by atoms with van der Waals surface area (Å²) in [5.74, 6) is -0.499. The summed E-state index contributed by atoms with van der Waals surface area (Å²) in [5.41, 5.74) is 2.27. The first-order valence-electron chi connectivity index (χ1n) is 11.2. The fourth-order valence-electron chi connectivity index (χ4n) is 4.27. The Morgan fingerprint density at radius 1 is 1.24 bits per heavy atom. The average molecular weight is 484 g/mol. The average Bonchev–Trinajstić information content (AvgIpc) is 2.69. The highest BCUT2D eigenvalue weighted by Crippen LogP contribution is 2.37. The third-order valence-corrected chi connectivity index (χ3v) is 6.75. The van der Waals surface area contributed by atoms with Crippen LogP contribution in [0.1, 0.15) is 68.1 Å². The van der Waals surface area contributed by atoms with Gasteiger partial charge in [-0.2, -0.15) is 13.2 Å². The Balaban J connectivity index is 1.92. The van der Waals surface area contributed by atoms with Crippen molar-refractivity contribution in [2.45, 2.75) is 69.9 Å². The molecule has 3 N–H and O–H groups in total. The van der Waals surface area contributed by atoms with E-state index in [4.69, 9.17) is 0 Å². The van der Waals surface area contributed by atoms with Gasteiger partial charge in [0, 0.05) is 23.5 Å². The lowest BCUT2D eigenvalue weighted by Crippen LogP contribution is -2.42. The fraction of sp³-hybridized carbons (Fsp3) is 0.583. The van der Waals surface area contributed by atoms with Crippen LogP contribution in [0.3, 0.4) is 0 Å². The monoisotopic (exact) mass is 483 g/mol. The summed E-state index contributed by atoms with van der Waals surface area (Å²) in [6.45, 7) is 6.84. The molecule has 0 bridgehead atoms. The molecule has 1 heterocycles. The van der Waals surface area contributed by atoms with E-state index in [1.807, 2.05) is 27.7 Å². The Kier molecular flexibility index (Phi) is 7.24. The zero-order valence-electron chi connectivity index (χ0n) is 19.4. The van der Waals surface area contributed by atoms with Gasteiger partial charge in [-0.05, 0) is 60.9 Å². The smallest absolute Gasteiger partial charge is 0.379 e. The number of nitrogens with zero attached hydrogens (tertiary/aromatic N) is 1. The lowest BCUT2D eigenvalue weighted by Gasteiger charge is -2.36. The van der Waals surface area contributed by atoms with Crippen LogP contribution in [0.25, 0.3) is 10.9 Å². The molecule has 0 saturated heterocycles. The number of carbonyl (C=O) groups is 1. The zero-order valence-corrected chi connectivity index (χ0v) is 20.3. The summed E-state index contributed by atoms with van der Waals surface area (Å²) in [6.07, 6.45) is -1.07. The van der Waals surface area contributed by atoms with Gasteiger partial charge in [0.05, 0.1) is 5.52 Å². The van der Waals surface area contributed by atoms with Crippen LogP contribution < -0.4 is 10.6 Å². The van der Waals surface area contributed by atoms with Crippen LogP contribution in [0.5, 0.6) is 0 Å². The molecule has 1 saturated carbocycles. The number of pyridine rings is 1. The Hall–Kier alpha value is -2.00. The third kappa shape index (κ3) is 6.32. The molecule has 1 aromatic heterocycles. The maximum atomic E-state index is 12.9. The standard InChI is InChI=1S/C24H32F3N3O2S/c1-14-9-19(21(31)28-12-15-7-5-6-8-23(15,32)33)30-20-17(14)10-16(29-13-24(25,26)27)11-18(20)22(2,3)4/h9-11,15,29,32-33H,5-8,12-13H2,1-4H3,(H,28,31)/t15-,23-/m0/s1. The minimum atomic E-state index is -4.33. The van der Waals surface area contributed by atoms with Crippen molar-refractivity contribution < 1.29 is 23.1 Å². The van der Waals surface area contributed by atoms with Crippen molar-refractivity contribution in [1.82, 2.24) is 10.3 Å². The number of aromatic nitrogens is 1. The summed E-state index contributed by atoms with van der Waals surface area (Å²) in [4.78, 5) is 16.4. The van der Waals surface area contributed by atoms with Crippen LogP contribution in [-0.2, 0) is 5.41 Å². The van der Waals surface area contributed by atoms with Crippen LogP contribution >= 0.6 is 12.6 Å². The predicted molar refractivity (Wildman–Crippen MR) is 128 cm³/mol. The molecule has 182 valence electrons. The number of anilines is 1. The van der Waals surface area contributed by atoms with E-state index >= 15 is 0 Å². The molecular formula is C24H32F3N3O2S. The number of benzene rings is 1. The van der Waals surface area contributed by atoms with Crippen LogP contribution in [0.4, 0.5) is 18.9 Å².